The van der Waals surface area contributed by atoms with Crippen molar-refractivity contribution in [2.45, 2.75) is 19.9 Å². The van der Waals surface area contributed by atoms with Gasteiger partial charge in [-0.3, -0.25) is 9.59 Å². The fourth-order valence-electron chi connectivity index (χ4n) is 2.36. The lowest BCUT2D eigenvalue weighted by Crippen LogP contribution is -2.19. The number of carbonyl (C=O) groups is 2. The number of fused-ring (bicyclic) bond motifs is 1. The number of amides is 1. The van der Waals surface area contributed by atoms with Crippen molar-refractivity contribution in [3.8, 4) is 0 Å². The Bertz CT molecular complexity index is 1020. The number of hydrogen-bond donors (Lipinski definition) is 0. The molecule has 0 saturated carbocycles. The summed E-state index contributed by atoms with van der Waals surface area (Å²) in [6.07, 6.45) is 0.211. The van der Waals surface area contributed by atoms with Gasteiger partial charge in [0, 0.05) is 6.54 Å². The predicted octanol–water partition coefficient (Wildman–Crippen LogP) is 4.03. The number of rotatable bonds is 4. The summed E-state index contributed by atoms with van der Waals surface area (Å²) in [5.74, 6) is -0.645. The van der Waals surface area contributed by atoms with Gasteiger partial charge in [0.05, 0.1) is 33.0 Å². The molecule has 5 nitrogen and oxygen atoms in total. The van der Waals surface area contributed by atoms with E-state index in [2.05, 4.69) is 4.99 Å². The van der Waals surface area contributed by atoms with Crippen molar-refractivity contribution >= 4 is 56.4 Å². The molecule has 3 aromatic rings. The number of carbonyl (C=O) groups excluding carboxylic acids is 2. The summed E-state index contributed by atoms with van der Waals surface area (Å²) in [6.45, 7) is 2.40. The molecule has 130 valence electrons. The van der Waals surface area contributed by atoms with Crippen LogP contribution in [-0.2, 0) is 16.1 Å². The number of nitrogens with zero attached hydrogens (tertiary/aromatic N) is 2. The van der Waals surface area contributed by atoms with Gasteiger partial charge < -0.3 is 9.30 Å². The van der Waals surface area contributed by atoms with Crippen molar-refractivity contribution < 1.29 is 14.3 Å². The van der Waals surface area contributed by atoms with Crippen LogP contribution < -0.4 is 4.80 Å². The molecule has 0 spiro atoms. The number of halogens is 1. The van der Waals surface area contributed by atoms with E-state index in [9.17, 15) is 9.59 Å². The van der Waals surface area contributed by atoms with Gasteiger partial charge in [0.25, 0.3) is 5.91 Å². The molecule has 8 heteroatoms. The van der Waals surface area contributed by atoms with E-state index >= 15 is 0 Å². The first-order valence-electron chi connectivity index (χ1n) is 7.49. The number of methoxy groups -OCH3 is 1. The van der Waals surface area contributed by atoms with Crippen LogP contribution in [0.5, 0.6) is 0 Å². The molecule has 0 fully saturated rings. The number of ether oxygens (including phenoxy) is 1. The minimum absolute atomic E-state index is 0.211. The summed E-state index contributed by atoms with van der Waals surface area (Å²) in [6, 6.07) is 9.35. The van der Waals surface area contributed by atoms with Gasteiger partial charge in [0.1, 0.15) is 0 Å². The predicted molar refractivity (Wildman–Crippen MR) is 100 cm³/mol. The molecule has 0 aliphatic rings. The highest BCUT2D eigenvalue weighted by Crippen LogP contribution is 2.23. The molecule has 2 aromatic heterocycles. The minimum atomic E-state index is -0.341. The number of hydrogen-bond acceptors (Lipinski definition) is 5. The molecule has 25 heavy (non-hydrogen) atoms. The van der Waals surface area contributed by atoms with E-state index in [4.69, 9.17) is 16.3 Å². The van der Waals surface area contributed by atoms with Crippen LogP contribution in [0.2, 0.25) is 4.34 Å². The lowest BCUT2D eigenvalue weighted by atomic mass is 10.2. The summed E-state index contributed by atoms with van der Waals surface area (Å²) in [5.41, 5.74) is 2.06. The van der Waals surface area contributed by atoms with Crippen molar-refractivity contribution in [3.63, 3.8) is 0 Å². The van der Waals surface area contributed by atoms with E-state index in [-0.39, 0.29) is 18.3 Å². The van der Waals surface area contributed by atoms with Gasteiger partial charge in [-0.15, -0.1) is 11.3 Å². The Morgan fingerprint density at radius 1 is 1.24 bits per heavy atom. The van der Waals surface area contributed by atoms with E-state index in [1.807, 2.05) is 29.7 Å². The van der Waals surface area contributed by atoms with Crippen molar-refractivity contribution in [2.75, 3.05) is 7.11 Å². The van der Waals surface area contributed by atoms with Gasteiger partial charge >= 0.3 is 5.97 Å². The first kappa shape index (κ1) is 17.8. The summed E-state index contributed by atoms with van der Waals surface area (Å²) in [7, 11) is 1.36. The van der Waals surface area contributed by atoms with Gasteiger partial charge in [-0.05, 0) is 36.8 Å². The van der Waals surface area contributed by atoms with Crippen LogP contribution in [0.1, 0.15) is 21.7 Å². The maximum absolute atomic E-state index is 12.4. The number of esters is 1. The monoisotopic (exact) mass is 394 g/mol. The maximum atomic E-state index is 12.4. The quantitative estimate of drug-likeness (QED) is 0.627. The zero-order valence-electron chi connectivity index (χ0n) is 13.6. The van der Waals surface area contributed by atoms with Gasteiger partial charge in [-0.1, -0.05) is 29.0 Å². The summed E-state index contributed by atoms with van der Waals surface area (Å²) >= 11 is 8.51. The average Bonchev–Trinajstić information content (AvgIpc) is 3.15. The molecule has 0 aliphatic heterocycles. The molecule has 0 atom stereocenters. The van der Waals surface area contributed by atoms with Crippen LogP contribution in [0.25, 0.3) is 10.2 Å². The van der Waals surface area contributed by atoms with Crippen LogP contribution in [0.3, 0.4) is 0 Å². The Morgan fingerprint density at radius 3 is 2.72 bits per heavy atom. The molecular weight excluding hydrogens is 380 g/mol. The normalized spacial score (nSPS) is 11.9. The van der Waals surface area contributed by atoms with Gasteiger partial charge in [0.2, 0.25) is 0 Å². The highest BCUT2D eigenvalue weighted by molar-refractivity contribution is 7.18. The number of thiophene rings is 1. The van der Waals surface area contributed by atoms with Crippen molar-refractivity contribution in [3.05, 3.63) is 49.9 Å². The molecule has 0 aliphatic carbocycles. The highest BCUT2D eigenvalue weighted by atomic mass is 35.5. The Hall–Kier alpha value is -1.96. The molecule has 2 heterocycles. The highest BCUT2D eigenvalue weighted by Gasteiger charge is 2.12. The molecule has 3 rings (SSSR count). The third-order valence-corrected chi connectivity index (χ3v) is 5.85. The number of aryl methyl sites for hydroxylation is 2. The molecule has 0 bridgehead atoms. The Morgan fingerprint density at radius 2 is 2.04 bits per heavy atom. The van der Waals surface area contributed by atoms with Crippen LogP contribution in [0.15, 0.2) is 35.3 Å². The number of aromatic nitrogens is 1. The van der Waals surface area contributed by atoms with Gasteiger partial charge in [-0.25, -0.2) is 0 Å². The second-order valence-electron chi connectivity index (χ2n) is 5.35. The molecule has 0 saturated heterocycles. The van der Waals surface area contributed by atoms with Crippen molar-refractivity contribution in [1.29, 1.82) is 0 Å². The van der Waals surface area contributed by atoms with E-state index in [1.54, 1.807) is 12.1 Å². The first-order chi connectivity index (χ1) is 12.0. The average molecular weight is 395 g/mol. The Labute approximate surface area is 157 Å². The molecule has 1 amide bonds. The van der Waals surface area contributed by atoms with Crippen molar-refractivity contribution in [1.82, 2.24) is 4.57 Å². The molecule has 0 radical (unpaired) electrons. The fourth-order valence-corrected chi connectivity index (χ4v) is 4.44. The third kappa shape index (κ3) is 4.00. The van der Waals surface area contributed by atoms with Gasteiger partial charge in [0.15, 0.2) is 4.80 Å². The van der Waals surface area contributed by atoms with Crippen LogP contribution >= 0.6 is 34.3 Å². The zero-order chi connectivity index (χ0) is 18.0. The zero-order valence-corrected chi connectivity index (χ0v) is 16.0. The Balaban J connectivity index is 2.07. The number of thiazole rings is 1. The van der Waals surface area contributed by atoms with E-state index in [0.29, 0.717) is 20.6 Å². The summed E-state index contributed by atoms with van der Waals surface area (Å²) < 4.78 is 8.15. The molecular formula is C17H15ClN2O3S2. The van der Waals surface area contributed by atoms with Crippen LogP contribution in [0.4, 0.5) is 0 Å². The SMILES string of the molecule is COC(=O)CCn1c(=NC(=O)c2ccc(Cl)s2)sc2cc(C)ccc21. The van der Waals surface area contributed by atoms with Crippen LogP contribution in [-0.4, -0.2) is 23.6 Å². The summed E-state index contributed by atoms with van der Waals surface area (Å²) in [4.78, 5) is 29.2. The standard InChI is InChI=1S/C17H15ClN2O3S2/c1-10-3-4-11-13(9-10)25-17(20(11)8-7-15(21)23-2)19-16(22)12-5-6-14(18)24-12/h3-6,9H,7-8H2,1-2H3. The fraction of sp³-hybridized carbons (Fsp3) is 0.235. The lowest BCUT2D eigenvalue weighted by molar-refractivity contribution is -0.140. The molecule has 0 N–H and O–H groups in total. The van der Waals surface area contributed by atoms with Crippen LogP contribution in [0, 0.1) is 6.92 Å². The van der Waals surface area contributed by atoms with Gasteiger partial charge in [-0.2, -0.15) is 4.99 Å². The summed E-state index contributed by atoms with van der Waals surface area (Å²) in [5, 5.41) is 0. The second-order valence-corrected chi connectivity index (χ2v) is 8.08. The lowest BCUT2D eigenvalue weighted by Gasteiger charge is -2.04. The number of benzene rings is 1. The van der Waals surface area contributed by atoms with E-state index in [0.717, 1.165) is 15.8 Å². The molecule has 0 unspecified atom stereocenters. The third-order valence-electron chi connectivity index (χ3n) is 3.59. The second kappa shape index (κ2) is 7.51. The van der Waals surface area contributed by atoms with E-state index in [1.165, 1.54) is 29.8 Å². The topological polar surface area (TPSA) is 60.7 Å². The smallest absolute Gasteiger partial charge is 0.307 e. The minimum Gasteiger partial charge on any atom is -0.469 e. The largest absolute Gasteiger partial charge is 0.469 e. The Kier molecular flexibility index (Phi) is 5.36. The maximum Gasteiger partial charge on any atom is 0.307 e. The van der Waals surface area contributed by atoms with E-state index < -0.39 is 0 Å². The van der Waals surface area contributed by atoms with Crippen molar-refractivity contribution in [2.24, 2.45) is 4.99 Å². The molecule has 1 aromatic carbocycles. The first-order valence-corrected chi connectivity index (χ1v) is 9.50.